The average Bonchev–Trinajstić information content (AvgIpc) is 3.24. The van der Waals surface area contributed by atoms with E-state index in [-0.39, 0.29) is 17.8 Å². The maximum absolute atomic E-state index is 13.3. The third kappa shape index (κ3) is 3.50. The number of imide groups is 1. The largest absolute Gasteiger partial charge is 0.369 e. The summed E-state index contributed by atoms with van der Waals surface area (Å²) in [6, 6.07) is 4.21. The van der Waals surface area contributed by atoms with E-state index in [2.05, 4.69) is 20.6 Å². The van der Waals surface area contributed by atoms with Crippen LogP contribution in [0.15, 0.2) is 24.5 Å². The van der Waals surface area contributed by atoms with Crippen molar-refractivity contribution in [2.45, 2.75) is 50.5 Å². The summed E-state index contributed by atoms with van der Waals surface area (Å²) in [5.74, 6) is 0.312. The number of carbonyl (C=O) groups is 2. The molecular formula is C20H24FN5O2. The van der Waals surface area contributed by atoms with E-state index in [0.717, 1.165) is 50.3 Å². The topological polar surface area (TPSA) is 87.2 Å². The lowest BCUT2D eigenvalue weighted by atomic mass is 9.98. The average molecular weight is 385 g/mol. The first-order chi connectivity index (χ1) is 13.6. The lowest BCUT2D eigenvalue weighted by Gasteiger charge is -2.20. The fourth-order valence-electron chi connectivity index (χ4n) is 4.15. The second kappa shape index (κ2) is 7.69. The number of anilines is 1. The number of rotatable bonds is 7. The van der Waals surface area contributed by atoms with Crippen molar-refractivity contribution in [1.82, 2.24) is 20.2 Å². The number of amides is 3. The van der Waals surface area contributed by atoms with E-state index in [1.54, 1.807) is 6.07 Å². The van der Waals surface area contributed by atoms with Crippen molar-refractivity contribution in [1.29, 1.82) is 0 Å². The van der Waals surface area contributed by atoms with Gasteiger partial charge in [0.15, 0.2) is 0 Å². The van der Waals surface area contributed by atoms with Crippen LogP contribution in [0.3, 0.4) is 0 Å². The number of nitrogens with one attached hydrogen (secondary N) is 2. The van der Waals surface area contributed by atoms with Crippen LogP contribution in [0.25, 0.3) is 10.9 Å². The Kier molecular flexibility index (Phi) is 5.11. The summed E-state index contributed by atoms with van der Waals surface area (Å²) in [6.07, 6.45) is 7.46. The molecule has 1 aromatic heterocycles. The minimum absolute atomic E-state index is 0.0483. The van der Waals surface area contributed by atoms with Crippen LogP contribution in [0.4, 0.5) is 15.0 Å². The molecule has 2 aliphatic rings. The fraction of sp³-hybridized carbons (Fsp3) is 0.500. The second-order valence-corrected chi connectivity index (χ2v) is 7.55. The van der Waals surface area contributed by atoms with Gasteiger partial charge in [-0.25, -0.2) is 19.2 Å². The molecule has 1 aromatic carbocycles. The maximum Gasteiger partial charge on any atom is 0.325 e. The Morgan fingerprint density at radius 2 is 1.96 bits per heavy atom. The van der Waals surface area contributed by atoms with Gasteiger partial charge in [-0.15, -0.1) is 0 Å². The van der Waals surface area contributed by atoms with Crippen LogP contribution in [0.5, 0.6) is 0 Å². The molecule has 2 fully saturated rings. The first kappa shape index (κ1) is 18.6. The molecule has 7 nitrogen and oxygen atoms in total. The third-order valence-electron chi connectivity index (χ3n) is 5.65. The SMILES string of the molecule is O=C1NC2(CCCC2)C(=O)N1CCCCCNc1ncnc2cc(F)ccc12. The molecule has 8 heteroatoms. The number of nitrogens with zero attached hydrogens (tertiary/aromatic N) is 3. The van der Waals surface area contributed by atoms with Crippen LogP contribution in [0.1, 0.15) is 44.9 Å². The Morgan fingerprint density at radius 1 is 1.14 bits per heavy atom. The Hall–Kier alpha value is -2.77. The van der Waals surface area contributed by atoms with Gasteiger partial charge < -0.3 is 10.6 Å². The van der Waals surface area contributed by atoms with Crippen molar-refractivity contribution in [2.24, 2.45) is 0 Å². The molecule has 0 bridgehead atoms. The molecule has 0 unspecified atom stereocenters. The summed E-state index contributed by atoms with van der Waals surface area (Å²) in [4.78, 5) is 34.4. The van der Waals surface area contributed by atoms with Crippen molar-refractivity contribution in [3.63, 3.8) is 0 Å². The standard InChI is InChI=1S/C20H24FN5O2/c21-14-6-7-15-16(12-14)23-13-24-17(15)22-10-4-1-5-11-26-18(27)20(25-19(26)28)8-2-3-9-20/h6-7,12-13H,1-5,8-11H2,(H,25,28)(H,22,23,24). The van der Waals surface area contributed by atoms with Gasteiger partial charge in [-0.3, -0.25) is 9.69 Å². The number of benzene rings is 1. The van der Waals surface area contributed by atoms with Gasteiger partial charge in [0.05, 0.1) is 5.52 Å². The maximum atomic E-state index is 13.3. The molecule has 1 saturated heterocycles. The Balaban J connectivity index is 1.23. The molecule has 148 valence electrons. The highest BCUT2D eigenvalue weighted by Crippen LogP contribution is 2.35. The first-order valence-corrected chi connectivity index (χ1v) is 9.87. The van der Waals surface area contributed by atoms with Gasteiger partial charge in [0.1, 0.15) is 23.5 Å². The minimum Gasteiger partial charge on any atom is -0.369 e. The molecule has 3 amide bonds. The summed E-state index contributed by atoms with van der Waals surface area (Å²) in [6.45, 7) is 1.16. The van der Waals surface area contributed by atoms with Gasteiger partial charge >= 0.3 is 6.03 Å². The highest BCUT2D eigenvalue weighted by atomic mass is 19.1. The number of hydrogen-bond donors (Lipinski definition) is 2. The van der Waals surface area contributed by atoms with Gasteiger partial charge in [0.2, 0.25) is 0 Å². The van der Waals surface area contributed by atoms with Crippen molar-refractivity contribution < 1.29 is 14.0 Å². The molecule has 1 aliphatic heterocycles. The molecule has 0 radical (unpaired) electrons. The highest BCUT2D eigenvalue weighted by Gasteiger charge is 2.51. The molecule has 1 aliphatic carbocycles. The van der Waals surface area contributed by atoms with Crippen molar-refractivity contribution in [3.8, 4) is 0 Å². The predicted molar refractivity (Wildman–Crippen MR) is 103 cm³/mol. The van der Waals surface area contributed by atoms with Gasteiger partial charge in [0.25, 0.3) is 5.91 Å². The van der Waals surface area contributed by atoms with Gasteiger partial charge in [-0.1, -0.05) is 12.8 Å². The number of fused-ring (bicyclic) bond motifs is 1. The zero-order valence-electron chi connectivity index (χ0n) is 15.7. The Morgan fingerprint density at radius 3 is 2.79 bits per heavy atom. The molecule has 2 heterocycles. The van der Waals surface area contributed by atoms with E-state index in [4.69, 9.17) is 0 Å². The Bertz CT molecular complexity index is 897. The predicted octanol–water partition coefficient (Wildman–Crippen LogP) is 3.22. The number of unbranched alkanes of at least 4 members (excludes halogenated alkanes) is 2. The van der Waals surface area contributed by atoms with E-state index in [1.807, 2.05) is 0 Å². The van der Waals surface area contributed by atoms with E-state index >= 15 is 0 Å². The summed E-state index contributed by atoms with van der Waals surface area (Å²) in [7, 11) is 0. The van der Waals surface area contributed by atoms with Gasteiger partial charge in [0, 0.05) is 24.5 Å². The zero-order valence-corrected chi connectivity index (χ0v) is 15.7. The summed E-state index contributed by atoms with van der Waals surface area (Å²) < 4.78 is 13.3. The normalized spacial score (nSPS) is 18.2. The van der Waals surface area contributed by atoms with E-state index in [0.29, 0.717) is 24.4 Å². The number of urea groups is 1. The van der Waals surface area contributed by atoms with Crippen LogP contribution in [-0.2, 0) is 4.79 Å². The van der Waals surface area contributed by atoms with Crippen molar-refractivity contribution >= 4 is 28.7 Å². The molecule has 1 saturated carbocycles. The highest BCUT2D eigenvalue weighted by molar-refractivity contribution is 6.07. The smallest absolute Gasteiger partial charge is 0.325 e. The monoisotopic (exact) mass is 385 g/mol. The molecule has 1 spiro atoms. The van der Waals surface area contributed by atoms with Crippen LogP contribution in [-0.4, -0.2) is 45.4 Å². The Labute approximate surface area is 162 Å². The lowest BCUT2D eigenvalue weighted by molar-refractivity contribution is -0.131. The fourth-order valence-corrected chi connectivity index (χ4v) is 4.15. The molecule has 4 rings (SSSR count). The second-order valence-electron chi connectivity index (χ2n) is 7.55. The molecule has 28 heavy (non-hydrogen) atoms. The van der Waals surface area contributed by atoms with Crippen LogP contribution >= 0.6 is 0 Å². The van der Waals surface area contributed by atoms with Crippen molar-refractivity contribution in [3.05, 3.63) is 30.3 Å². The molecule has 2 aromatic rings. The summed E-state index contributed by atoms with van der Waals surface area (Å²) >= 11 is 0. The summed E-state index contributed by atoms with van der Waals surface area (Å²) in [5.41, 5.74) is -0.0523. The van der Waals surface area contributed by atoms with Crippen molar-refractivity contribution in [2.75, 3.05) is 18.4 Å². The third-order valence-corrected chi connectivity index (χ3v) is 5.65. The number of aromatic nitrogens is 2. The lowest BCUT2D eigenvalue weighted by Crippen LogP contribution is -2.44. The van der Waals surface area contributed by atoms with E-state index < -0.39 is 5.54 Å². The van der Waals surface area contributed by atoms with Crippen LogP contribution < -0.4 is 10.6 Å². The van der Waals surface area contributed by atoms with Crippen LogP contribution in [0.2, 0.25) is 0 Å². The number of hydrogen-bond acceptors (Lipinski definition) is 5. The molecule has 2 N–H and O–H groups in total. The van der Waals surface area contributed by atoms with E-state index in [1.165, 1.54) is 23.4 Å². The number of carbonyl (C=O) groups excluding carboxylic acids is 2. The van der Waals surface area contributed by atoms with Gasteiger partial charge in [-0.2, -0.15) is 0 Å². The van der Waals surface area contributed by atoms with E-state index in [9.17, 15) is 14.0 Å². The van der Waals surface area contributed by atoms with Crippen LogP contribution in [0, 0.1) is 5.82 Å². The minimum atomic E-state index is -0.619. The summed E-state index contributed by atoms with van der Waals surface area (Å²) in [5, 5.41) is 6.95. The quantitative estimate of drug-likeness (QED) is 0.564. The number of halogens is 1. The zero-order chi connectivity index (χ0) is 19.6. The molecular weight excluding hydrogens is 361 g/mol. The molecule has 0 atom stereocenters. The first-order valence-electron chi connectivity index (χ1n) is 9.87. The van der Waals surface area contributed by atoms with Gasteiger partial charge in [-0.05, 0) is 44.2 Å².